The number of fused-ring (bicyclic) bond motifs is 8. The molecule has 6 aromatic rings. The van der Waals surface area contributed by atoms with Gasteiger partial charge in [0, 0.05) is 50.3 Å². The van der Waals surface area contributed by atoms with E-state index in [2.05, 4.69) is 107 Å². The van der Waals surface area contributed by atoms with Crippen molar-refractivity contribution in [3.8, 4) is 0 Å². The van der Waals surface area contributed by atoms with Crippen LogP contribution in [0.4, 0.5) is 0 Å². The van der Waals surface area contributed by atoms with Gasteiger partial charge in [0.05, 0.1) is 34.6 Å². The molecule has 10 rings (SSSR count). The first kappa shape index (κ1) is 34.1. The third-order valence-corrected chi connectivity index (χ3v) is 10.6. The molecule has 4 aliphatic heterocycles. The molecule has 1 atom stereocenters. The minimum absolute atomic E-state index is 0.311. The zero-order chi connectivity index (χ0) is 38.5. The second-order valence-electron chi connectivity index (χ2n) is 14.5. The third kappa shape index (κ3) is 6.01. The zero-order valence-electron chi connectivity index (χ0n) is 31.4. The van der Waals surface area contributed by atoms with Crippen molar-refractivity contribution < 1.29 is 9.53 Å². The average molecular weight is 740 g/mol. The van der Waals surface area contributed by atoms with E-state index in [9.17, 15) is 4.79 Å². The van der Waals surface area contributed by atoms with Crippen LogP contribution in [0.2, 0.25) is 0 Å². The number of esters is 1. The quantitative estimate of drug-likeness (QED) is 0.167. The van der Waals surface area contributed by atoms with Gasteiger partial charge in [-0.2, -0.15) is 0 Å². The molecule has 7 heteroatoms. The number of aromatic nitrogens is 2. The molecule has 7 nitrogen and oxygen atoms in total. The van der Waals surface area contributed by atoms with E-state index in [1.807, 2.05) is 80.7 Å². The minimum Gasteiger partial charge on any atom is -0.458 e. The molecule has 0 fully saturated rings. The van der Waals surface area contributed by atoms with Crippen molar-refractivity contribution >= 4 is 45.4 Å². The highest BCUT2D eigenvalue weighted by Crippen LogP contribution is 2.47. The van der Waals surface area contributed by atoms with Crippen LogP contribution in [0.25, 0.3) is 22.3 Å². The summed E-state index contributed by atoms with van der Waals surface area (Å²) in [5, 5.41) is 1.87. The van der Waals surface area contributed by atoms with Gasteiger partial charge in [-0.3, -0.25) is 4.99 Å². The summed E-state index contributed by atoms with van der Waals surface area (Å²) in [5.74, 6) is -0.437. The first-order valence-electron chi connectivity index (χ1n) is 19.2. The van der Waals surface area contributed by atoms with E-state index in [-0.39, 0.29) is 6.10 Å². The van der Waals surface area contributed by atoms with Crippen LogP contribution in [0.15, 0.2) is 190 Å². The van der Waals surface area contributed by atoms with Crippen LogP contribution in [0.1, 0.15) is 63.8 Å². The van der Waals surface area contributed by atoms with Crippen LogP contribution >= 0.6 is 0 Å². The molecule has 1 unspecified atom stereocenters. The predicted molar refractivity (Wildman–Crippen MR) is 228 cm³/mol. The molecule has 2 N–H and O–H groups in total. The van der Waals surface area contributed by atoms with Gasteiger partial charge in [0.25, 0.3) is 0 Å². The smallest absolute Gasteiger partial charge is 0.355 e. The fourth-order valence-corrected chi connectivity index (χ4v) is 8.16. The van der Waals surface area contributed by atoms with Crippen molar-refractivity contribution in [2.24, 2.45) is 15.0 Å². The van der Waals surface area contributed by atoms with Gasteiger partial charge in [0.1, 0.15) is 11.7 Å². The molecule has 57 heavy (non-hydrogen) atoms. The first-order valence-corrected chi connectivity index (χ1v) is 19.2. The number of H-pyrrole nitrogens is 2. The summed E-state index contributed by atoms with van der Waals surface area (Å²) in [6, 6.07) is 44.9. The number of carbonyl (C=O) groups is 1. The summed E-state index contributed by atoms with van der Waals surface area (Å²) in [4.78, 5) is 37.6. The Labute approximate surface area is 330 Å². The van der Waals surface area contributed by atoms with Crippen molar-refractivity contribution in [3.05, 3.63) is 225 Å². The molecular weight excluding hydrogens is 703 g/mol. The largest absolute Gasteiger partial charge is 0.458 e. The lowest BCUT2D eigenvalue weighted by atomic mass is 9.90. The van der Waals surface area contributed by atoms with Gasteiger partial charge in [-0.1, -0.05) is 121 Å². The van der Waals surface area contributed by atoms with Crippen LogP contribution in [-0.2, 0) is 4.74 Å². The maximum absolute atomic E-state index is 13.9. The van der Waals surface area contributed by atoms with Crippen LogP contribution in [0.3, 0.4) is 0 Å². The fraction of sp³-hybridized carbons (Fsp3) is 0.0800. The number of benzene rings is 4. The molecule has 0 amide bonds. The maximum Gasteiger partial charge on any atom is 0.355 e. The van der Waals surface area contributed by atoms with Gasteiger partial charge >= 0.3 is 5.97 Å². The number of hydrogen-bond donors (Lipinski definition) is 2. The molecule has 8 bridgehead atoms. The van der Waals surface area contributed by atoms with E-state index in [1.54, 1.807) is 0 Å². The Morgan fingerprint density at radius 2 is 1.09 bits per heavy atom. The highest BCUT2D eigenvalue weighted by atomic mass is 16.5. The second kappa shape index (κ2) is 14.0. The van der Waals surface area contributed by atoms with Crippen LogP contribution in [0, 0.1) is 0 Å². The van der Waals surface area contributed by atoms with E-state index in [4.69, 9.17) is 19.7 Å². The number of nitrogens with one attached hydrogen (secondary N) is 2. The van der Waals surface area contributed by atoms with Gasteiger partial charge in [-0.25, -0.2) is 14.8 Å². The molecule has 4 aromatic carbocycles. The molecule has 0 aliphatic carbocycles. The minimum atomic E-state index is -0.512. The van der Waals surface area contributed by atoms with Crippen molar-refractivity contribution in [1.29, 1.82) is 0 Å². The summed E-state index contributed by atoms with van der Waals surface area (Å²) >= 11 is 0. The van der Waals surface area contributed by atoms with Gasteiger partial charge in [-0.05, 0) is 72.5 Å². The van der Waals surface area contributed by atoms with Crippen molar-refractivity contribution in [1.82, 2.24) is 9.97 Å². The normalized spacial score (nSPS) is 21.4. The van der Waals surface area contributed by atoms with E-state index in [0.717, 1.165) is 83.6 Å². The van der Waals surface area contributed by atoms with Crippen LogP contribution in [0.5, 0.6) is 0 Å². The summed E-state index contributed by atoms with van der Waals surface area (Å²) in [6.45, 7) is 3.72. The molecule has 0 saturated carbocycles. The SMILES string of the molecule is CC(C)OC(=O)c1[nH]cc2c1C1=NC2/C(c2ccccc2)=C2/C=CC(=N2)/C(c2ccccc2)=c2/cc/c([nH]2)=C(\c2ccccc2)C2=N/C(=C\1c1ccccc1)C=C2. The predicted octanol–water partition coefficient (Wildman–Crippen LogP) is 8.71. The number of carbonyl (C=O) groups excluding carboxylic acids is 1. The van der Waals surface area contributed by atoms with Gasteiger partial charge in [0.2, 0.25) is 0 Å². The Morgan fingerprint density at radius 1 is 0.596 bits per heavy atom. The average Bonchev–Trinajstić information content (AvgIpc) is 4.09. The summed E-state index contributed by atoms with van der Waals surface area (Å²) < 4.78 is 5.84. The monoisotopic (exact) mass is 739 g/mol. The van der Waals surface area contributed by atoms with E-state index in [0.29, 0.717) is 17.0 Å². The van der Waals surface area contributed by atoms with Gasteiger partial charge < -0.3 is 14.7 Å². The number of aliphatic imine (C=N–C) groups is 3. The third-order valence-electron chi connectivity index (χ3n) is 10.6. The Kier molecular flexibility index (Phi) is 8.41. The van der Waals surface area contributed by atoms with Crippen LogP contribution < -0.4 is 10.7 Å². The summed E-state index contributed by atoms with van der Waals surface area (Å²) in [5.41, 5.74) is 13.4. The topological polar surface area (TPSA) is 95.0 Å². The number of nitrogens with zero attached hydrogens (tertiary/aromatic N) is 3. The standard InChI is InChI=1S/C50H37N5O2/c1-30(2)57-50(56)49-46-35(29-51-49)47-44(33-19-11-5-12-20-33)40-27-25-38(53-40)42(31-15-7-3-8-16-31)36-23-24-37(52-36)43(32-17-9-4-10-18-32)39-26-28-41(54-39)45(48(46)55-47)34-21-13-6-14-22-34/h3-30,47,51-52H,1-2H3/b42-36-,43-37-,44-40-,45-41-. The van der Waals surface area contributed by atoms with Gasteiger partial charge in [0.15, 0.2) is 0 Å². The van der Waals surface area contributed by atoms with E-state index < -0.39 is 12.0 Å². The van der Waals surface area contributed by atoms with E-state index in [1.165, 1.54) is 0 Å². The molecule has 4 aliphatic rings. The number of hydrogen-bond acceptors (Lipinski definition) is 5. The lowest BCUT2D eigenvalue weighted by Gasteiger charge is -2.16. The Hall–Kier alpha value is -7.38. The maximum atomic E-state index is 13.9. The molecule has 0 radical (unpaired) electrons. The zero-order valence-corrected chi connectivity index (χ0v) is 31.4. The van der Waals surface area contributed by atoms with Gasteiger partial charge in [-0.15, -0.1) is 0 Å². The molecule has 0 saturated heterocycles. The van der Waals surface area contributed by atoms with Crippen LogP contribution in [-0.4, -0.2) is 39.2 Å². The summed E-state index contributed by atoms with van der Waals surface area (Å²) in [7, 11) is 0. The Balaban J connectivity index is 1.36. The first-order chi connectivity index (χ1) is 28.0. The second-order valence-corrected chi connectivity index (χ2v) is 14.5. The molecule has 6 heterocycles. The molecule has 2 aromatic heterocycles. The highest BCUT2D eigenvalue weighted by molar-refractivity contribution is 6.38. The van der Waals surface area contributed by atoms with Crippen molar-refractivity contribution in [3.63, 3.8) is 0 Å². The molecule has 274 valence electrons. The highest BCUT2D eigenvalue weighted by Gasteiger charge is 2.39. The number of ether oxygens (including phenoxy) is 1. The Bertz CT molecular complexity index is 2940. The van der Waals surface area contributed by atoms with E-state index >= 15 is 0 Å². The number of allylic oxidation sites excluding steroid dienone is 5. The molecule has 0 spiro atoms. The number of rotatable bonds is 6. The number of aromatic amines is 2. The molecular formula is C50H37N5O2. The lowest BCUT2D eigenvalue weighted by molar-refractivity contribution is 0.0371. The van der Waals surface area contributed by atoms with Crippen molar-refractivity contribution in [2.45, 2.75) is 26.0 Å². The Morgan fingerprint density at radius 3 is 1.63 bits per heavy atom. The van der Waals surface area contributed by atoms with Crippen molar-refractivity contribution in [2.75, 3.05) is 0 Å². The fourth-order valence-electron chi connectivity index (χ4n) is 8.16. The lowest BCUT2D eigenvalue weighted by Crippen LogP contribution is -2.21. The summed E-state index contributed by atoms with van der Waals surface area (Å²) in [6.07, 6.45) is 9.91.